The normalized spacial score (nSPS) is 11.1. The highest BCUT2D eigenvalue weighted by atomic mass is 16.5. The van der Waals surface area contributed by atoms with Crippen LogP contribution in [-0.2, 0) is 4.74 Å². The fourth-order valence-electron chi connectivity index (χ4n) is 2.95. The molecule has 0 fully saturated rings. The van der Waals surface area contributed by atoms with Crippen LogP contribution in [-0.4, -0.2) is 46.6 Å². The van der Waals surface area contributed by atoms with Gasteiger partial charge < -0.3 is 19.9 Å². The van der Waals surface area contributed by atoms with Gasteiger partial charge in [0.15, 0.2) is 23.0 Å². The molecule has 148 valence electrons. The van der Waals surface area contributed by atoms with E-state index in [0.717, 1.165) is 16.8 Å². The number of nitrogens with two attached hydrogens (primary N) is 1. The Labute approximate surface area is 162 Å². The Morgan fingerprint density at radius 1 is 1.18 bits per heavy atom. The van der Waals surface area contributed by atoms with E-state index in [4.69, 9.17) is 19.9 Å². The number of aromatic nitrogens is 4. The topological polar surface area (TPSA) is 114 Å². The van der Waals surface area contributed by atoms with Gasteiger partial charge in [-0.2, -0.15) is 9.61 Å². The summed E-state index contributed by atoms with van der Waals surface area (Å²) < 4.78 is 17.1. The third kappa shape index (κ3) is 3.19. The molecule has 2 heterocycles. The first-order valence-electron chi connectivity index (χ1n) is 8.87. The molecule has 1 aromatic carbocycles. The first-order chi connectivity index (χ1) is 13.4. The third-order valence-electron chi connectivity index (χ3n) is 4.29. The largest absolute Gasteiger partial charge is 0.493 e. The van der Waals surface area contributed by atoms with E-state index in [1.165, 1.54) is 4.52 Å². The molecule has 0 bridgehead atoms. The van der Waals surface area contributed by atoms with E-state index in [9.17, 15) is 4.79 Å². The van der Waals surface area contributed by atoms with Gasteiger partial charge in [-0.15, -0.1) is 10.2 Å². The first kappa shape index (κ1) is 19.4. The number of carbonyl (C=O) groups is 1. The number of esters is 1. The summed E-state index contributed by atoms with van der Waals surface area (Å²) in [7, 11) is 3.15. The molecule has 28 heavy (non-hydrogen) atoms. The van der Waals surface area contributed by atoms with E-state index in [0.29, 0.717) is 17.1 Å². The summed E-state index contributed by atoms with van der Waals surface area (Å²) in [5.74, 6) is 0.720. The van der Waals surface area contributed by atoms with Crippen LogP contribution in [0.2, 0.25) is 0 Å². The minimum Gasteiger partial charge on any atom is -0.493 e. The van der Waals surface area contributed by atoms with Crippen LogP contribution >= 0.6 is 0 Å². The average Bonchev–Trinajstić information content (AvgIpc) is 3.08. The summed E-state index contributed by atoms with van der Waals surface area (Å²) in [6, 6.07) is 5.55. The van der Waals surface area contributed by atoms with E-state index in [1.54, 1.807) is 21.1 Å². The van der Waals surface area contributed by atoms with Gasteiger partial charge in [-0.1, -0.05) is 19.9 Å². The number of hydrogen-bond donors (Lipinski definition) is 1. The van der Waals surface area contributed by atoms with Crippen LogP contribution < -0.4 is 15.2 Å². The molecule has 0 spiro atoms. The summed E-state index contributed by atoms with van der Waals surface area (Å²) in [5, 5.41) is 12.8. The Balaban J connectivity index is 2.26. The van der Waals surface area contributed by atoms with Gasteiger partial charge in [-0.25, -0.2) is 4.79 Å². The minimum atomic E-state index is -0.635. The molecule has 2 N–H and O–H groups in total. The lowest BCUT2D eigenvalue weighted by molar-refractivity contribution is 0.0519. The lowest BCUT2D eigenvalue weighted by Crippen LogP contribution is -2.15. The molecule has 0 aliphatic heterocycles. The lowest BCUT2D eigenvalue weighted by Gasteiger charge is -2.11. The summed E-state index contributed by atoms with van der Waals surface area (Å²) in [6.07, 6.45) is 0. The van der Waals surface area contributed by atoms with Gasteiger partial charge in [0.25, 0.3) is 0 Å². The second kappa shape index (κ2) is 7.71. The lowest BCUT2D eigenvalue weighted by atomic mass is 9.99. The van der Waals surface area contributed by atoms with Crippen LogP contribution in [0.15, 0.2) is 18.2 Å². The maximum Gasteiger partial charge on any atom is 0.362 e. The highest BCUT2D eigenvalue weighted by Gasteiger charge is 2.24. The van der Waals surface area contributed by atoms with Crippen LogP contribution in [0.3, 0.4) is 0 Å². The Morgan fingerprint density at radius 2 is 1.89 bits per heavy atom. The standard InChI is InChI=1S/C19H23N5O4/c1-6-28-19(25)16-17(20)24-18(22-21-16)14(15(23-24)10(2)3)11-7-8-12(26-4)13(9-11)27-5/h7-10H,6,20H2,1-5H3. The predicted octanol–water partition coefficient (Wildman–Crippen LogP) is 2.69. The Kier molecular flexibility index (Phi) is 5.34. The van der Waals surface area contributed by atoms with Crippen LogP contribution in [0.5, 0.6) is 11.5 Å². The van der Waals surface area contributed by atoms with Crippen molar-refractivity contribution in [3.8, 4) is 22.6 Å². The van der Waals surface area contributed by atoms with Gasteiger partial charge >= 0.3 is 5.97 Å². The maximum absolute atomic E-state index is 12.1. The Bertz CT molecular complexity index is 1030. The van der Waals surface area contributed by atoms with Crippen molar-refractivity contribution in [2.45, 2.75) is 26.7 Å². The number of anilines is 1. The number of methoxy groups -OCH3 is 2. The van der Waals surface area contributed by atoms with Crippen molar-refractivity contribution in [3.63, 3.8) is 0 Å². The summed E-state index contributed by atoms with van der Waals surface area (Å²) in [5.41, 5.74) is 8.92. The number of hydrogen-bond acceptors (Lipinski definition) is 8. The molecular weight excluding hydrogens is 362 g/mol. The number of nitrogen functional groups attached to an aromatic ring is 1. The third-order valence-corrected chi connectivity index (χ3v) is 4.29. The highest BCUT2D eigenvalue weighted by Crippen LogP contribution is 2.37. The van der Waals surface area contributed by atoms with Gasteiger partial charge in [-0.05, 0) is 30.5 Å². The quantitative estimate of drug-likeness (QED) is 0.644. The molecular formula is C19H23N5O4. The van der Waals surface area contributed by atoms with Gasteiger partial charge in [-0.3, -0.25) is 0 Å². The van der Waals surface area contributed by atoms with Crippen molar-refractivity contribution in [1.29, 1.82) is 0 Å². The molecule has 2 aromatic heterocycles. The van der Waals surface area contributed by atoms with Crippen molar-refractivity contribution in [2.24, 2.45) is 0 Å². The van der Waals surface area contributed by atoms with Crippen LogP contribution in [0.25, 0.3) is 16.8 Å². The molecule has 0 aliphatic carbocycles. The molecule has 3 aromatic rings. The molecule has 0 aliphatic rings. The number of rotatable bonds is 6. The molecule has 9 nitrogen and oxygen atoms in total. The Morgan fingerprint density at radius 3 is 2.50 bits per heavy atom. The molecule has 0 saturated heterocycles. The van der Waals surface area contributed by atoms with Crippen LogP contribution in [0.1, 0.15) is 42.9 Å². The number of ether oxygens (including phenoxy) is 3. The Hall–Kier alpha value is -3.36. The van der Waals surface area contributed by atoms with Gasteiger partial charge in [0.05, 0.1) is 32.1 Å². The zero-order chi connectivity index (χ0) is 20.4. The first-order valence-corrected chi connectivity index (χ1v) is 8.87. The fourth-order valence-corrected chi connectivity index (χ4v) is 2.95. The van der Waals surface area contributed by atoms with Crippen molar-refractivity contribution in [3.05, 3.63) is 29.6 Å². The molecule has 0 atom stereocenters. The molecule has 9 heteroatoms. The predicted molar refractivity (Wildman–Crippen MR) is 104 cm³/mol. The summed E-state index contributed by atoms with van der Waals surface area (Å²) in [4.78, 5) is 12.1. The van der Waals surface area contributed by atoms with Crippen molar-refractivity contribution < 1.29 is 19.0 Å². The van der Waals surface area contributed by atoms with E-state index in [1.807, 2.05) is 32.0 Å². The maximum atomic E-state index is 12.1. The van der Waals surface area contributed by atoms with Crippen LogP contribution in [0.4, 0.5) is 5.82 Å². The van der Waals surface area contributed by atoms with Crippen molar-refractivity contribution >= 4 is 17.4 Å². The van der Waals surface area contributed by atoms with Gasteiger partial charge in [0, 0.05) is 0 Å². The molecule has 3 rings (SSSR count). The number of fused-ring (bicyclic) bond motifs is 1. The molecule has 0 amide bonds. The zero-order valence-electron chi connectivity index (χ0n) is 16.5. The minimum absolute atomic E-state index is 0.0639. The average molecular weight is 385 g/mol. The van der Waals surface area contributed by atoms with Crippen molar-refractivity contribution in [2.75, 3.05) is 26.6 Å². The summed E-state index contributed by atoms with van der Waals surface area (Å²) >= 11 is 0. The van der Waals surface area contributed by atoms with E-state index in [2.05, 4.69) is 15.3 Å². The van der Waals surface area contributed by atoms with Crippen LogP contribution in [0, 0.1) is 0 Å². The SMILES string of the molecule is CCOC(=O)c1nnc2c(-c3ccc(OC)c(OC)c3)c(C(C)C)nn2c1N. The van der Waals surface area contributed by atoms with E-state index < -0.39 is 5.97 Å². The highest BCUT2D eigenvalue weighted by molar-refractivity contribution is 5.93. The summed E-state index contributed by atoms with van der Waals surface area (Å²) in [6.45, 7) is 5.95. The molecule has 0 radical (unpaired) electrons. The van der Waals surface area contributed by atoms with E-state index >= 15 is 0 Å². The smallest absolute Gasteiger partial charge is 0.362 e. The van der Waals surface area contributed by atoms with E-state index in [-0.39, 0.29) is 24.0 Å². The second-order valence-electron chi connectivity index (χ2n) is 6.37. The molecule has 0 unspecified atom stereocenters. The number of carbonyl (C=O) groups excluding carboxylic acids is 1. The van der Waals surface area contributed by atoms with Crippen molar-refractivity contribution in [1.82, 2.24) is 19.8 Å². The molecule has 0 saturated carbocycles. The number of benzene rings is 1. The number of nitrogens with zero attached hydrogens (tertiary/aromatic N) is 4. The second-order valence-corrected chi connectivity index (χ2v) is 6.37. The zero-order valence-corrected chi connectivity index (χ0v) is 16.5. The fraction of sp³-hybridized carbons (Fsp3) is 0.368. The van der Waals surface area contributed by atoms with Gasteiger partial charge in [0.1, 0.15) is 0 Å². The monoisotopic (exact) mass is 385 g/mol. The van der Waals surface area contributed by atoms with Gasteiger partial charge in [0.2, 0.25) is 5.69 Å².